The van der Waals surface area contributed by atoms with Gasteiger partial charge < -0.3 is 14.9 Å². The predicted octanol–water partition coefficient (Wildman–Crippen LogP) is 3.45. The lowest BCUT2D eigenvalue weighted by Gasteiger charge is -2.29. The Morgan fingerprint density at radius 3 is 2.53 bits per heavy atom. The number of fused-ring (bicyclic) bond motifs is 1. The molecule has 0 aliphatic carbocycles. The van der Waals surface area contributed by atoms with Crippen LogP contribution in [0.4, 0.5) is 10.2 Å². The number of piperidine rings is 1. The van der Waals surface area contributed by atoms with E-state index in [1.165, 1.54) is 22.8 Å². The Hall–Kier alpha value is -3.48. The molecular weight excluding hydrogens is 487 g/mol. The van der Waals surface area contributed by atoms with Crippen LogP contribution in [0.1, 0.15) is 37.5 Å². The predicted molar refractivity (Wildman–Crippen MR) is 130 cm³/mol. The standard InChI is InChI=1S/C24H25FN6O4S/c1-14(23-29-15(2)35-30-23)28-24-20-11-17(16-3-5-18(25)6-4-16)12-21(22(20)26-13-27-24)36(33,34)31-9-7-19(32)8-10-31/h3-6,11-14,19,32H,7-10H2,1-2H3,(H,26,27,28). The molecule has 0 spiro atoms. The molecule has 0 amide bonds. The first-order valence-corrected chi connectivity index (χ1v) is 13.0. The number of nitrogens with zero attached hydrogens (tertiary/aromatic N) is 5. The fraction of sp³-hybridized carbons (Fsp3) is 0.333. The van der Waals surface area contributed by atoms with Crippen molar-refractivity contribution in [2.75, 3.05) is 18.4 Å². The normalized spacial score (nSPS) is 16.3. The second-order valence-electron chi connectivity index (χ2n) is 8.77. The molecule has 36 heavy (non-hydrogen) atoms. The molecule has 3 heterocycles. The van der Waals surface area contributed by atoms with Crippen LogP contribution in [0.3, 0.4) is 0 Å². The number of aliphatic hydroxyl groups is 1. The summed E-state index contributed by atoms with van der Waals surface area (Å²) in [4.78, 5) is 13.0. The molecule has 2 aromatic carbocycles. The molecule has 2 aromatic heterocycles. The Balaban J connectivity index is 1.66. The Labute approximate surface area is 207 Å². The molecule has 12 heteroatoms. The monoisotopic (exact) mass is 512 g/mol. The van der Waals surface area contributed by atoms with Crippen molar-refractivity contribution >= 4 is 26.7 Å². The van der Waals surface area contributed by atoms with Crippen LogP contribution in [-0.2, 0) is 10.0 Å². The number of hydrogen-bond donors (Lipinski definition) is 2. The fourth-order valence-electron chi connectivity index (χ4n) is 4.24. The maximum Gasteiger partial charge on any atom is 0.245 e. The Morgan fingerprint density at radius 2 is 1.86 bits per heavy atom. The summed E-state index contributed by atoms with van der Waals surface area (Å²) in [5, 5.41) is 17.5. The molecule has 1 aliphatic heterocycles. The average molecular weight is 513 g/mol. The van der Waals surface area contributed by atoms with Gasteiger partial charge in [-0.05, 0) is 55.2 Å². The average Bonchev–Trinajstić information content (AvgIpc) is 3.31. The molecule has 0 bridgehead atoms. The Kier molecular flexibility index (Phi) is 6.41. The molecule has 5 rings (SSSR count). The van der Waals surface area contributed by atoms with E-state index in [9.17, 15) is 17.9 Å². The van der Waals surface area contributed by atoms with Crippen molar-refractivity contribution in [3.05, 3.63) is 60.3 Å². The number of benzene rings is 2. The van der Waals surface area contributed by atoms with Gasteiger partial charge in [-0.15, -0.1) is 0 Å². The zero-order chi connectivity index (χ0) is 25.4. The van der Waals surface area contributed by atoms with Crippen molar-refractivity contribution in [1.82, 2.24) is 24.4 Å². The molecule has 4 aromatic rings. The van der Waals surface area contributed by atoms with E-state index in [1.807, 2.05) is 6.92 Å². The molecule has 0 saturated carbocycles. The van der Waals surface area contributed by atoms with Gasteiger partial charge in [0.05, 0.1) is 17.7 Å². The van der Waals surface area contributed by atoms with Gasteiger partial charge >= 0.3 is 0 Å². The summed E-state index contributed by atoms with van der Waals surface area (Å²) in [6, 6.07) is 8.76. The topological polar surface area (TPSA) is 134 Å². The van der Waals surface area contributed by atoms with E-state index in [1.54, 1.807) is 31.2 Å². The molecule has 1 aliphatic rings. The van der Waals surface area contributed by atoms with Gasteiger partial charge in [-0.3, -0.25) is 0 Å². The van der Waals surface area contributed by atoms with Crippen LogP contribution < -0.4 is 5.32 Å². The lowest BCUT2D eigenvalue weighted by Crippen LogP contribution is -2.40. The van der Waals surface area contributed by atoms with E-state index >= 15 is 0 Å². The summed E-state index contributed by atoms with van der Waals surface area (Å²) in [7, 11) is -3.95. The zero-order valence-electron chi connectivity index (χ0n) is 19.7. The van der Waals surface area contributed by atoms with Gasteiger partial charge in [0.25, 0.3) is 0 Å². The summed E-state index contributed by atoms with van der Waals surface area (Å²) in [6.45, 7) is 3.93. The minimum Gasteiger partial charge on any atom is -0.393 e. The Bertz CT molecular complexity index is 1500. The number of aryl methyl sites for hydroxylation is 1. The zero-order valence-corrected chi connectivity index (χ0v) is 20.5. The van der Waals surface area contributed by atoms with Crippen LogP contribution in [0.2, 0.25) is 0 Å². The van der Waals surface area contributed by atoms with Crippen LogP contribution in [0.15, 0.2) is 52.1 Å². The number of sulfonamides is 1. The fourth-order valence-corrected chi connectivity index (χ4v) is 5.89. The van der Waals surface area contributed by atoms with Gasteiger partial charge in [-0.25, -0.2) is 22.8 Å². The van der Waals surface area contributed by atoms with Crippen LogP contribution in [0.5, 0.6) is 0 Å². The molecule has 1 atom stereocenters. The number of hydrogen-bond acceptors (Lipinski definition) is 9. The van der Waals surface area contributed by atoms with Gasteiger partial charge in [-0.1, -0.05) is 17.3 Å². The third-order valence-electron chi connectivity index (χ3n) is 6.21. The van der Waals surface area contributed by atoms with Crippen LogP contribution in [-0.4, -0.2) is 57.1 Å². The van der Waals surface area contributed by atoms with Crippen molar-refractivity contribution in [1.29, 1.82) is 0 Å². The highest BCUT2D eigenvalue weighted by atomic mass is 32.2. The van der Waals surface area contributed by atoms with Gasteiger partial charge in [0.15, 0.2) is 5.82 Å². The highest BCUT2D eigenvalue weighted by Crippen LogP contribution is 2.35. The number of halogens is 1. The number of nitrogens with one attached hydrogen (secondary N) is 1. The lowest BCUT2D eigenvalue weighted by atomic mass is 10.0. The summed E-state index contributed by atoms with van der Waals surface area (Å²) in [6.07, 6.45) is 1.50. The highest BCUT2D eigenvalue weighted by Gasteiger charge is 2.31. The van der Waals surface area contributed by atoms with Crippen LogP contribution >= 0.6 is 0 Å². The number of anilines is 1. The maximum absolute atomic E-state index is 13.8. The van der Waals surface area contributed by atoms with Crippen molar-refractivity contribution < 1.29 is 22.4 Å². The molecule has 1 unspecified atom stereocenters. The third kappa shape index (κ3) is 4.66. The van der Waals surface area contributed by atoms with E-state index < -0.39 is 28.0 Å². The molecule has 1 saturated heterocycles. The van der Waals surface area contributed by atoms with Gasteiger partial charge in [0.2, 0.25) is 15.9 Å². The second-order valence-corrected chi connectivity index (χ2v) is 10.7. The lowest BCUT2D eigenvalue weighted by molar-refractivity contribution is 0.113. The number of aromatic nitrogens is 4. The van der Waals surface area contributed by atoms with Crippen molar-refractivity contribution in [2.45, 2.75) is 43.7 Å². The SMILES string of the molecule is Cc1nc(C(C)Nc2ncnc3c(S(=O)(=O)N4CCC(O)CC4)cc(-c4ccc(F)cc4)cc23)no1. The third-order valence-corrected chi connectivity index (χ3v) is 8.12. The summed E-state index contributed by atoms with van der Waals surface area (Å²) in [5.74, 6) is 0.845. The number of rotatable bonds is 6. The molecule has 0 radical (unpaired) electrons. The largest absolute Gasteiger partial charge is 0.393 e. The summed E-state index contributed by atoms with van der Waals surface area (Å²) >= 11 is 0. The second kappa shape index (κ2) is 9.52. The first kappa shape index (κ1) is 24.2. The molecule has 10 nitrogen and oxygen atoms in total. The number of aliphatic hydroxyl groups excluding tert-OH is 1. The van der Waals surface area contributed by atoms with E-state index in [-0.39, 0.29) is 23.5 Å². The van der Waals surface area contributed by atoms with Crippen LogP contribution in [0.25, 0.3) is 22.0 Å². The van der Waals surface area contributed by atoms with Crippen molar-refractivity contribution in [3.8, 4) is 11.1 Å². The van der Waals surface area contributed by atoms with E-state index in [2.05, 4.69) is 25.4 Å². The molecule has 2 N–H and O–H groups in total. The summed E-state index contributed by atoms with van der Waals surface area (Å²) < 4.78 is 47.6. The maximum atomic E-state index is 13.8. The molecular formula is C24H25FN6O4S. The minimum absolute atomic E-state index is 0.0178. The van der Waals surface area contributed by atoms with Gasteiger partial charge in [0, 0.05) is 25.4 Å². The molecule has 188 valence electrons. The molecule has 1 fully saturated rings. The van der Waals surface area contributed by atoms with Crippen LogP contribution in [0, 0.1) is 12.7 Å². The van der Waals surface area contributed by atoms with Gasteiger partial charge in [0.1, 0.15) is 22.9 Å². The highest BCUT2D eigenvalue weighted by molar-refractivity contribution is 7.89. The van der Waals surface area contributed by atoms with E-state index in [4.69, 9.17) is 4.52 Å². The smallest absolute Gasteiger partial charge is 0.245 e. The summed E-state index contributed by atoms with van der Waals surface area (Å²) in [5.41, 5.74) is 1.46. The quantitative estimate of drug-likeness (QED) is 0.398. The van der Waals surface area contributed by atoms with Crippen molar-refractivity contribution in [3.63, 3.8) is 0 Å². The van der Waals surface area contributed by atoms with Gasteiger partial charge in [-0.2, -0.15) is 9.29 Å². The minimum atomic E-state index is -3.95. The van der Waals surface area contributed by atoms with Crippen molar-refractivity contribution in [2.24, 2.45) is 0 Å². The first-order chi connectivity index (χ1) is 17.2. The first-order valence-electron chi connectivity index (χ1n) is 11.5. The Morgan fingerprint density at radius 1 is 1.14 bits per heavy atom. The van der Waals surface area contributed by atoms with E-state index in [0.29, 0.717) is 46.9 Å². The van der Waals surface area contributed by atoms with E-state index in [0.717, 1.165) is 0 Å².